The quantitative estimate of drug-likeness (QED) is 0.808. The number of nitrogens with zero attached hydrogens (tertiary/aromatic N) is 3. The Hall–Kier alpha value is -1.14. The third-order valence-electron chi connectivity index (χ3n) is 2.65. The molecule has 1 aromatic rings. The molecule has 0 atom stereocenters. The van der Waals surface area contributed by atoms with E-state index in [1.807, 2.05) is 6.20 Å². The van der Waals surface area contributed by atoms with Gasteiger partial charge in [-0.25, -0.2) is 4.98 Å². The van der Waals surface area contributed by atoms with E-state index < -0.39 is 0 Å². The molecule has 0 aromatic carbocycles. The molecule has 1 aromatic heterocycles. The second-order valence-corrected chi connectivity index (χ2v) is 5.27. The lowest BCUT2D eigenvalue weighted by molar-refractivity contribution is -0.127. The maximum Gasteiger partial charge on any atom is 0.236 e. The summed E-state index contributed by atoms with van der Waals surface area (Å²) in [5.74, 6) is 0.0866. The maximum absolute atomic E-state index is 11.4. The van der Waals surface area contributed by atoms with Gasteiger partial charge < -0.3 is 15.1 Å². The second-order valence-electron chi connectivity index (χ2n) is 4.17. The van der Waals surface area contributed by atoms with Gasteiger partial charge in [0.1, 0.15) is 0 Å². The maximum atomic E-state index is 11.4. The zero-order chi connectivity index (χ0) is 13.5. The Kier molecular flexibility index (Phi) is 6.07. The van der Waals surface area contributed by atoms with E-state index in [0.717, 1.165) is 23.1 Å². The summed E-state index contributed by atoms with van der Waals surface area (Å²) in [6.45, 7) is 7.24. The lowest BCUT2D eigenvalue weighted by atomic mass is 10.5. The van der Waals surface area contributed by atoms with Gasteiger partial charge in [-0.1, -0.05) is 0 Å². The monoisotopic (exact) mass is 270 g/mol. The van der Waals surface area contributed by atoms with Gasteiger partial charge in [-0.05, 0) is 13.8 Å². The number of rotatable bonds is 7. The molecule has 0 unspecified atom stereocenters. The van der Waals surface area contributed by atoms with E-state index in [4.69, 9.17) is 0 Å². The van der Waals surface area contributed by atoms with Crippen LogP contribution in [-0.4, -0.2) is 49.5 Å². The lowest BCUT2D eigenvalue weighted by Crippen LogP contribution is -2.32. The van der Waals surface area contributed by atoms with Crippen LogP contribution < -0.4 is 10.2 Å². The average Bonchev–Trinajstić information content (AvgIpc) is 2.79. The van der Waals surface area contributed by atoms with Gasteiger partial charge >= 0.3 is 0 Å². The fraction of sp³-hybridized carbons (Fsp3) is 0.667. The van der Waals surface area contributed by atoms with E-state index in [0.29, 0.717) is 13.1 Å². The standard InChI is InChI=1S/C12H22N4OS/c1-5-16(6-2)12-14-8-10(18-12)7-13-9-11(17)15(3)4/h8,13H,5-7,9H2,1-4H3. The van der Waals surface area contributed by atoms with Crippen LogP contribution in [0.2, 0.25) is 0 Å². The van der Waals surface area contributed by atoms with E-state index in [2.05, 4.69) is 29.0 Å². The molecule has 0 saturated carbocycles. The van der Waals surface area contributed by atoms with Gasteiger partial charge in [-0.3, -0.25) is 4.79 Å². The van der Waals surface area contributed by atoms with Gasteiger partial charge in [0.05, 0.1) is 6.54 Å². The molecule has 0 aliphatic carbocycles. The summed E-state index contributed by atoms with van der Waals surface area (Å²) in [6.07, 6.45) is 1.88. The van der Waals surface area contributed by atoms with Crippen molar-refractivity contribution in [2.24, 2.45) is 0 Å². The molecule has 0 radical (unpaired) electrons. The Morgan fingerprint density at radius 2 is 2.06 bits per heavy atom. The van der Waals surface area contributed by atoms with Crippen molar-refractivity contribution in [3.05, 3.63) is 11.1 Å². The number of hydrogen-bond donors (Lipinski definition) is 1. The molecule has 6 heteroatoms. The Bertz CT molecular complexity index is 374. The highest BCUT2D eigenvalue weighted by Gasteiger charge is 2.08. The smallest absolute Gasteiger partial charge is 0.236 e. The molecular formula is C12H22N4OS. The number of amides is 1. The molecule has 1 amide bonds. The number of nitrogens with one attached hydrogen (secondary N) is 1. The van der Waals surface area contributed by atoms with Crippen LogP contribution in [0.15, 0.2) is 6.20 Å². The predicted octanol–water partition coefficient (Wildman–Crippen LogP) is 1.17. The van der Waals surface area contributed by atoms with Crippen LogP contribution >= 0.6 is 11.3 Å². The van der Waals surface area contributed by atoms with E-state index in [-0.39, 0.29) is 5.91 Å². The highest BCUT2D eigenvalue weighted by Crippen LogP contribution is 2.21. The minimum atomic E-state index is 0.0866. The Labute approximate surface area is 113 Å². The summed E-state index contributed by atoms with van der Waals surface area (Å²) in [5.41, 5.74) is 0. The van der Waals surface area contributed by atoms with Gasteiger partial charge in [-0.15, -0.1) is 11.3 Å². The highest BCUT2D eigenvalue weighted by molar-refractivity contribution is 7.15. The van der Waals surface area contributed by atoms with Crippen molar-refractivity contribution < 1.29 is 4.79 Å². The zero-order valence-electron chi connectivity index (χ0n) is 11.6. The molecule has 0 aliphatic heterocycles. The Balaban J connectivity index is 2.42. The molecular weight excluding hydrogens is 248 g/mol. The number of likely N-dealkylation sites (N-methyl/N-ethyl adjacent to an activating group) is 1. The molecule has 0 spiro atoms. The predicted molar refractivity (Wildman–Crippen MR) is 76.1 cm³/mol. The normalized spacial score (nSPS) is 10.4. The van der Waals surface area contributed by atoms with Crippen molar-refractivity contribution in [3.63, 3.8) is 0 Å². The highest BCUT2D eigenvalue weighted by atomic mass is 32.1. The first-order chi connectivity index (χ1) is 8.58. The minimum Gasteiger partial charge on any atom is -0.349 e. The number of anilines is 1. The van der Waals surface area contributed by atoms with E-state index in [1.165, 1.54) is 0 Å². The number of carbonyl (C=O) groups is 1. The molecule has 1 N–H and O–H groups in total. The summed E-state index contributed by atoms with van der Waals surface area (Å²) in [4.78, 5) is 20.7. The van der Waals surface area contributed by atoms with Gasteiger partial charge in [-0.2, -0.15) is 0 Å². The molecule has 0 fully saturated rings. The number of hydrogen-bond acceptors (Lipinski definition) is 5. The van der Waals surface area contributed by atoms with Gasteiger partial charge in [0.25, 0.3) is 0 Å². The first-order valence-electron chi connectivity index (χ1n) is 6.19. The number of thiazole rings is 1. The van der Waals surface area contributed by atoms with Gasteiger partial charge in [0, 0.05) is 44.8 Å². The molecule has 0 aliphatic rings. The molecule has 0 saturated heterocycles. The molecule has 102 valence electrons. The fourth-order valence-corrected chi connectivity index (χ4v) is 2.48. The molecule has 5 nitrogen and oxygen atoms in total. The van der Waals surface area contributed by atoms with E-state index >= 15 is 0 Å². The molecule has 0 bridgehead atoms. The zero-order valence-corrected chi connectivity index (χ0v) is 12.4. The largest absolute Gasteiger partial charge is 0.349 e. The van der Waals surface area contributed by atoms with Crippen molar-refractivity contribution in [2.45, 2.75) is 20.4 Å². The van der Waals surface area contributed by atoms with Crippen molar-refractivity contribution in [1.82, 2.24) is 15.2 Å². The minimum absolute atomic E-state index is 0.0866. The van der Waals surface area contributed by atoms with E-state index in [1.54, 1.807) is 30.3 Å². The topological polar surface area (TPSA) is 48.5 Å². The Morgan fingerprint density at radius 3 is 2.61 bits per heavy atom. The molecule has 1 rings (SSSR count). The van der Waals surface area contributed by atoms with Crippen LogP contribution in [0.4, 0.5) is 5.13 Å². The first-order valence-corrected chi connectivity index (χ1v) is 7.00. The van der Waals surface area contributed by atoms with Crippen molar-refractivity contribution in [1.29, 1.82) is 0 Å². The van der Waals surface area contributed by atoms with Crippen molar-refractivity contribution in [3.8, 4) is 0 Å². The van der Waals surface area contributed by atoms with Gasteiger partial charge in [0.2, 0.25) is 5.91 Å². The number of aromatic nitrogens is 1. The van der Waals surface area contributed by atoms with Crippen molar-refractivity contribution >= 4 is 22.4 Å². The van der Waals surface area contributed by atoms with Crippen LogP contribution in [0.3, 0.4) is 0 Å². The SMILES string of the molecule is CCN(CC)c1ncc(CNCC(=O)N(C)C)s1. The average molecular weight is 270 g/mol. The summed E-state index contributed by atoms with van der Waals surface area (Å²) in [6, 6.07) is 0. The summed E-state index contributed by atoms with van der Waals surface area (Å²) in [7, 11) is 3.52. The van der Waals surface area contributed by atoms with E-state index in [9.17, 15) is 4.79 Å². The number of carbonyl (C=O) groups excluding carboxylic acids is 1. The van der Waals surface area contributed by atoms with Gasteiger partial charge in [0.15, 0.2) is 5.13 Å². The van der Waals surface area contributed by atoms with Crippen molar-refractivity contribution in [2.75, 3.05) is 38.6 Å². The van der Waals surface area contributed by atoms with Crippen LogP contribution in [-0.2, 0) is 11.3 Å². The third-order valence-corrected chi connectivity index (χ3v) is 3.71. The third kappa shape index (κ3) is 4.27. The second kappa shape index (κ2) is 7.33. The summed E-state index contributed by atoms with van der Waals surface area (Å²) in [5, 5.41) is 4.18. The van der Waals surface area contributed by atoms with Crippen LogP contribution in [0.5, 0.6) is 0 Å². The lowest BCUT2D eigenvalue weighted by Gasteiger charge is -2.16. The first kappa shape index (κ1) is 14.9. The summed E-state index contributed by atoms with van der Waals surface area (Å²) < 4.78 is 0. The summed E-state index contributed by atoms with van der Waals surface area (Å²) >= 11 is 1.68. The molecule has 1 heterocycles. The van der Waals surface area contributed by atoms with Crippen LogP contribution in [0.25, 0.3) is 0 Å². The molecule has 18 heavy (non-hydrogen) atoms. The Morgan fingerprint density at radius 1 is 1.39 bits per heavy atom. The van der Waals surface area contributed by atoms with Crippen LogP contribution in [0, 0.1) is 0 Å². The fourth-order valence-electron chi connectivity index (χ4n) is 1.47. The van der Waals surface area contributed by atoms with Crippen LogP contribution in [0.1, 0.15) is 18.7 Å².